The molecule has 3 unspecified atom stereocenters. The van der Waals surface area contributed by atoms with Crippen LogP contribution in [0.5, 0.6) is 0 Å². The molecule has 1 rings (SSSR count). The van der Waals surface area contributed by atoms with Gasteiger partial charge in [-0.25, -0.2) is 0 Å². The molecule has 0 aromatic carbocycles. The van der Waals surface area contributed by atoms with Crippen LogP contribution < -0.4 is 0 Å². The number of hydrogen-bond donors (Lipinski definition) is 1. The van der Waals surface area contributed by atoms with E-state index in [1.165, 1.54) is 0 Å². The molecule has 1 aliphatic heterocycles. The van der Waals surface area contributed by atoms with E-state index in [1.54, 1.807) is 0 Å². The van der Waals surface area contributed by atoms with Crippen LogP contribution in [0.15, 0.2) is 0 Å². The maximum absolute atomic E-state index is 9.83. The summed E-state index contributed by atoms with van der Waals surface area (Å²) in [6.07, 6.45) is 0.606. The Morgan fingerprint density at radius 2 is 2.07 bits per heavy atom. The smallest absolute Gasteiger partial charge is 0.0624 e. The minimum absolute atomic E-state index is 0.180. The Bertz CT molecular complexity index is 184. The lowest BCUT2D eigenvalue weighted by Gasteiger charge is -2.35. The quantitative estimate of drug-likeness (QED) is 0.768. The molecule has 1 saturated heterocycles. The van der Waals surface area contributed by atoms with Crippen molar-refractivity contribution in [2.75, 3.05) is 26.8 Å². The molecule has 0 aliphatic carbocycles. The maximum atomic E-state index is 9.83. The van der Waals surface area contributed by atoms with E-state index in [9.17, 15) is 5.11 Å². The predicted octanol–water partition coefficient (Wildman–Crippen LogP) is 1.36. The number of aliphatic hydroxyl groups excluding tert-OH is 1. The summed E-state index contributed by atoms with van der Waals surface area (Å²) in [6.45, 7) is 9.04. The lowest BCUT2D eigenvalue weighted by atomic mass is 9.96. The van der Waals surface area contributed by atoms with E-state index in [1.807, 2.05) is 0 Å². The van der Waals surface area contributed by atoms with E-state index in [0.29, 0.717) is 25.2 Å². The highest BCUT2D eigenvalue weighted by molar-refractivity contribution is 4.77. The third-order valence-corrected chi connectivity index (χ3v) is 3.62. The molecule has 1 heterocycles. The van der Waals surface area contributed by atoms with Crippen molar-refractivity contribution < 1.29 is 9.84 Å². The van der Waals surface area contributed by atoms with Gasteiger partial charge in [-0.3, -0.25) is 0 Å². The van der Waals surface area contributed by atoms with Crippen molar-refractivity contribution in [3.05, 3.63) is 0 Å². The van der Waals surface area contributed by atoms with Gasteiger partial charge in [-0.1, -0.05) is 13.8 Å². The van der Waals surface area contributed by atoms with E-state index >= 15 is 0 Å². The van der Waals surface area contributed by atoms with Crippen LogP contribution in [0.2, 0.25) is 0 Å². The summed E-state index contributed by atoms with van der Waals surface area (Å²) in [7, 11) is 2.13. The second-order valence-corrected chi connectivity index (χ2v) is 5.12. The van der Waals surface area contributed by atoms with Crippen molar-refractivity contribution in [1.29, 1.82) is 0 Å². The van der Waals surface area contributed by atoms with Crippen LogP contribution in [0.3, 0.4) is 0 Å². The van der Waals surface area contributed by atoms with E-state index in [0.717, 1.165) is 13.0 Å². The summed E-state index contributed by atoms with van der Waals surface area (Å²) in [6, 6.07) is 0.555. The van der Waals surface area contributed by atoms with Crippen molar-refractivity contribution in [3.8, 4) is 0 Å². The molecule has 0 aromatic heterocycles. The zero-order valence-electron chi connectivity index (χ0n) is 10.4. The lowest BCUT2D eigenvalue weighted by molar-refractivity contribution is -0.0486. The zero-order valence-corrected chi connectivity index (χ0v) is 10.4. The summed E-state index contributed by atoms with van der Waals surface area (Å²) >= 11 is 0. The third kappa shape index (κ3) is 3.74. The maximum Gasteiger partial charge on any atom is 0.0624 e. The van der Waals surface area contributed by atoms with Crippen LogP contribution >= 0.6 is 0 Å². The third-order valence-electron chi connectivity index (χ3n) is 3.62. The van der Waals surface area contributed by atoms with Crippen LogP contribution in [0.1, 0.15) is 27.2 Å². The molecule has 15 heavy (non-hydrogen) atoms. The SMILES string of the molecule is CC(C)C(C)N(C)CC1COCCC1O. The molecule has 0 amide bonds. The molecular weight excluding hydrogens is 190 g/mol. The molecule has 1 fully saturated rings. The van der Waals surface area contributed by atoms with Gasteiger partial charge in [-0.2, -0.15) is 0 Å². The Balaban J connectivity index is 2.38. The molecule has 0 spiro atoms. The fourth-order valence-corrected chi connectivity index (χ4v) is 2.01. The molecular formula is C12H25NO2. The number of aliphatic hydroxyl groups is 1. The van der Waals surface area contributed by atoms with Gasteiger partial charge in [0.2, 0.25) is 0 Å². The van der Waals surface area contributed by atoms with Crippen molar-refractivity contribution in [3.63, 3.8) is 0 Å². The van der Waals surface area contributed by atoms with Gasteiger partial charge in [0, 0.05) is 25.1 Å². The van der Waals surface area contributed by atoms with Crippen LogP contribution in [-0.4, -0.2) is 49.0 Å². The standard InChI is InChI=1S/C12H25NO2/c1-9(2)10(3)13(4)7-11-8-15-6-5-12(11)14/h9-12,14H,5-8H2,1-4H3. The molecule has 3 heteroatoms. The molecule has 1 aliphatic rings. The molecule has 3 nitrogen and oxygen atoms in total. The van der Waals surface area contributed by atoms with Gasteiger partial charge in [-0.05, 0) is 26.3 Å². The van der Waals surface area contributed by atoms with Gasteiger partial charge in [-0.15, -0.1) is 0 Å². The molecule has 3 atom stereocenters. The molecule has 0 saturated carbocycles. The summed E-state index contributed by atoms with van der Waals surface area (Å²) < 4.78 is 5.41. The average molecular weight is 215 g/mol. The largest absolute Gasteiger partial charge is 0.393 e. The second kappa shape index (κ2) is 5.83. The highest BCUT2D eigenvalue weighted by Gasteiger charge is 2.26. The van der Waals surface area contributed by atoms with Crippen molar-refractivity contribution in [2.45, 2.75) is 39.3 Å². The molecule has 0 bridgehead atoms. The number of hydrogen-bond acceptors (Lipinski definition) is 3. The molecule has 1 N–H and O–H groups in total. The topological polar surface area (TPSA) is 32.7 Å². The van der Waals surface area contributed by atoms with Gasteiger partial charge >= 0.3 is 0 Å². The highest BCUT2D eigenvalue weighted by Crippen LogP contribution is 2.18. The summed E-state index contributed by atoms with van der Waals surface area (Å²) in [4.78, 5) is 2.33. The van der Waals surface area contributed by atoms with Crippen molar-refractivity contribution >= 4 is 0 Å². The predicted molar refractivity (Wildman–Crippen MR) is 61.9 cm³/mol. The molecule has 90 valence electrons. The van der Waals surface area contributed by atoms with Gasteiger partial charge in [0.1, 0.15) is 0 Å². The van der Waals surface area contributed by atoms with E-state index in [-0.39, 0.29) is 12.0 Å². The fraction of sp³-hybridized carbons (Fsp3) is 1.00. The minimum Gasteiger partial charge on any atom is -0.393 e. The summed E-state index contributed by atoms with van der Waals surface area (Å²) in [5.74, 6) is 0.932. The second-order valence-electron chi connectivity index (χ2n) is 5.12. The van der Waals surface area contributed by atoms with E-state index in [4.69, 9.17) is 4.74 Å². The normalized spacial score (nSPS) is 29.8. The van der Waals surface area contributed by atoms with Gasteiger partial charge in [0.25, 0.3) is 0 Å². The molecule has 0 aromatic rings. The Morgan fingerprint density at radius 1 is 1.40 bits per heavy atom. The van der Waals surface area contributed by atoms with Crippen LogP contribution in [-0.2, 0) is 4.74 Å². The van der Waals surface area contributed by atoms with Gasteiger partial charge in [0.15, 0.2) is 0 Å². The Labute approximate surface area is 93.4 Å². The van der Waals surface area contributed by atoms with E-state index < -0.39 is 0 Å². The minimum atomic E-state index is -0.180. The van der Waals surface area contributed by atoms with Crippen molar-refractivity contribution in [2.24, 2.45) is 11.8 Å². The van der Waals surface area contributed by atoms with Gasteiger partial charge in [0.05, 0.1) is 12.7 Å². The number of ether oxygens (including phenoxy) is 1. The zero-order chi connectivity index (χ0) is 11.4. The number of rotatable bonds is 4. The Hall–Kier alpha value is -0.120. The first kappa shape index (κ1) is 12.9. The monoisotopic (exact) mass is 215 g/mol. The first-order valence-electron chi connectivity index (χ1n) is 5.98. The van der Waals surface area contributed by atoms with Crippen LogP contribution in [0, 0.1) is 11.8 Å². The lowest BCUT2D eigenvalue weighted by Crippen LogP contribution is -2.43. The number of nitrogens with zero attached hydrogens (tertiary/aromatic N) is 1. The fourth-order valence-electron chi connectivity index (χ4n) is 2.01. The van der Waals surface area contributed by atoms with Gasteiger partial charge < -0.3 is 14.7 Å². The van der Waals surface area contributed by atoms with Crippen LogP contribution in [0.25, 0.3) is 0 Å². The average Bonchev–Trinajstić information content (AvgIpc) is 2.20. The first-order valence-corrected chi connectivity index (χ1v) is 5.98. The van der Waals surface area contributed by atoms with Crippen molar-refractivity contribution in [1.82, 2.24) is 4.90 Å². The van der Waals surface area contributed by atoms with Crippen LogP contribution in [0.4, 0.5) is 0 Å². The highest BCUT2D eigenvalue weighted by atomic mass is 16.5. The Morgan fingerprint density at radius 3 is 2.60 bits per heavy atom. The summed E-state index contributed by atoms with van der Waals surface area (Å²) in [5.41, 5.74) is 0. The first-order chi connectivity index (χ1) is 7.02. The Kier molecular flexibility index (Phi) is 5.03. The summed E-state index contributed by atoms with van der Waals surface area (Å²) in [5, 5.41) is 9.83. The molecule has 0 radical (unpaired) electrons. The van der Waals surface area contributed by atoms with E-state index in [2.05, 4.69) is 32.7 Å².